The van der Waals surface area contributed by atoms with Crippen molar-refractivity contribution in [2.75, 3.05) is 66.7 Å². The van der Waals surface area contributed by atoms with Gasteiger partial charge in [-0.2, -0.15) is 0 Å². The Morgan fingerprint density at radius 3 is 2.24 bits per heavy atom. The normalized spacial score (nSPS) is 15.9. The van der Waals surface area contributed by atoms with Gasteiger partial charge in [-0.25, -0.2) is 0 Å². The molecule has 0 aromatic carbocycles. The maximum Gasteiger partial charge on any atom is 0.302 e. The van der Waals surface area contributed by atoms with Gasteiger partial charge in [-0.1, -0.05) is 0 Å². The molecule has 1 unspecified atom stereocenters. The molecule has 1 heterocycles. The van der Waals surface area contributed by atoms with Crippen LogP contribution in [0.15, 0.2) is 0 Å². The number of morpholine rings is 1. The van der Waals surface area contributed by atoms with Gasteiger partial charge >= 0.3 is 11.9 Å². The molecule has 0 amide bonds. The molecule has 0 radical (unpaired) electrons. The summed E-state index contributed by atoms with van der Waals surface area (Å²) in [6.45, 7) is 8.08. The zero-order valence-corrected chi connectivity index (χ0v) is 16.0. The first-order valence-corrected chi connectivity index (χ1v) is 8.71. The lowest BCUT2D eigenvalue weighted by Crippen LogP contribution is -2.42. The number of esters is 2. The van der Waals surface area contributed by atoms with Gasteiger partial charge in [0.25, 0.3) is 0 Å². The fourth-order valence-electron chi connectivity index (χ4n) is 2.09. The molecule has 148 valence electrons. The third-order valence-corrected chi connectivity index (χ3v) is 3.36. The standard InChI is InChI=1S/C9H17NO4.C8H17NO2/c1-8(11)14-7-9(12)6-10-2-4-13-5-3-10;1-8(10)11-7-5-4-6-9(2)3/h9,12H,2-7H2,1H3;4-7H2,1-3H3. The first-order valence-electron chi connectivity index (χ1n) is 8.71. The molecule has 0 spiro atoms. The number of aliphatic hydroxyl groups is 1. The number of ether oxygens (including phenoxy) is 3. The Morgan fingerprint density at radius 1 is 1.12 bits per heavy atom. The summed E-state index contributed by atoms with van der Waals surface area (Å²) < 4.78 is 14.6. The SMILES string of the molecule is CC(=O)OCC(O)CN1CCOCC1.CC(=O)OCCCCN(C)C. The summed E-state index contributed by atoms with van der Waals surface area (Å²) >= 11 is 0. The number of β-amino-alcohol motifs (C(OH)–C–C–N with tert-alkyl or cyclic N) is 1. The number of hydrogen-bond acceptors (Lipinski definition) is 8. The average molecular weight is 362 g/mol. The predicted molar refractivity (Wildman–Crippen MR) is 94.3 cm³/mol. The average Bonchev–Trinajstić information content (AvgIpc) is 2.53. The van der Waals surface area contributed by atoms with Crippen LogP contribution in [0.25, 0.3) is 0 Å². The summed E-state index contributed by atoms with van der Waals surface area (Å²) in [6.07, 6.45) is 1.44. The van der Waals surface area contributed by atoms with Crippen molar-refractivity contribution in [2.45, 2.75) is 32.8 Å². The molecule has 1 aliphatic heterocycles. The van der Waals surface area contributed by atoms with Gasteiger partial charge in [-0.05, 0) is 33.5 Å². The van der Waals surface area contributed by atoms with E-state index in [4.69, 9.17) is 14.2 Å². The Labute approximate surface area is 151 Å². The van der Waals surface area contributed by atoms with E-state index in [1.165, 1.54) is 13.8 Å². The van der Waals surface area contributed by atoms with E-state index in [9.17, 15) is 14.7 Å². The number of nitrogens with zero attached hydrogens (tertiary/aromatic N) is 2. The molecule has 0 saturated carbocycles. The summed E-state index contributed by atoms with van der Waals surface area (Å²) in [5.74, 6) is -0.541. The molecule has 0 aromatic rings. The van der Waals surface area contributed by atoms with Crippen molar-refractivity contribution in [1.29, 1.82) is 0 Å². The monoisotopic (exact) mass is 362 g/mol. The fraction of sp³-hybridized carbons (Fsp3) is 0.882. The minimum absolute atomic E-state index is 0.0761. The molecular weight excluding hydrogens is 328 g/mol. The van der Waals surface area contributed by atoms with E-state index in [1.54, 1.807) is 0 Å². The van der Waals surface area contributed by atoms with E-state index in [1.807, 2.05) is 14.1 Å². The Balaban J connectivity index is 0.000000477. The van der Waals surface area contributed by atoms with Crippen LogP contribution in [-0.2, 0) is 23.8 Å². The highest BCUT2D eigenvalue weighted by Gasteiger charge is 2.15. The topological polar surface area (TPSA) is 88.5 Å². The Morgan fingerprint density at radius 2 is 1.72 bits per heavy atom. The molecule has 1 fully saturated rings. The van der Waals surface area contributed by atoms with Gasteiger partial charge in [0.1, 0.15) is 12.7 Å². The summed E-state index contributed by atoms with van der Waals surface area (Å²) in [4.78, 5) is 25.0. The molecule has 8 heteroatoms. The second-order valence-electron chi connectivity index (χ2n) is 6.22. The van der Waals surface area contributed by atoms with Crippen molar-refractivity contribution in [3.63, 3.8) is 0 Å². The zero-order chi connectivity index (χ0) is 19.1. The Kier molecular flexibility index (Phi) is 14.3. The number of hydrogen-bond donors (Lipinski definition) is 1. The van der Waals surface area contributed by atoms with Crippen LogP contribution in [0, 0.1) is 0 Å². The van der Waals surface area contributed by atoms with E-state index in [0.29, 0.717) is 26.4 Å². The first-order chi connectivity index (χ1) is 11.8. The number of rotatable bonds is 9. The number of carbonyl (C=O) groups is 2. The van der Waals surface area contributed by atoms with Gasteiger partial charge in [-0.3, -0.25) is 14.5 Å². The predicted octanol–water partition coefficient (Wildman–Crippen LogP) is 0.134. The molecule has 25 heavy (non-hydrogen) atoms. The van der Waals surface area contributed by atoms with Crippen LogP contribution in [0.3, 0.4) is 0 Å². The summed E-state index contributed by atoms with van der Waals surface area (Å²) in [5.41, 5.74) is 0. The highest BCUT2D eigenvalue weighted by atomic mass is 16.5. The molecule has 1 rings (SSSR count). The van der Waals surface area contributed by atoms with Crippen molar-refractivity contribution >= 4 is 11.9 Å². The maximum absolute atomic E-state index is 10.5. The van der Waals surface area contributed by atoms with Gasteiger partial charge in [0.05, 0.1) is 19.8 Å². The summed E-state index contributed by atoms with van der Waals surface area (Å²) in [6, 6.07) is 0. The van der Waals surface area contributed by atoms with Crippen molar-refractivity contribution in [2.24, 2.45) is 0 Å². The van der Waals surface area contributed by atoms with Crippen molar-refractivity contribution < 1.29 is 28.9 Å². The van der Waals surface area contributed by atoms with Crippen LogP contribution in [0.1, 0.15) is 26.7 Å². The molecule has 8 nitrogen and oxygen atoms in total. The highest BCUT2D eigenvalue weighted by Crippen LogP contribution is 1.99. The van der Waals surface area contributed by atoms with E-state index >= 15 is 0 Å². The van der Waals surface area contributed by atoms with Crippen LogP contribution in [-0.4, -0.2) is 99.7 Å². The van der Waals surface area contributed by atoms with E-state index in [-0.39, 0.29) is 18.5 Å². The van der Waals surface area contributed by atoms with Crippen molar-refractivity contribution in [3.05, 3.63) is 0 Å². The molecule has 1 aliphatic rings. The molecule has 0 aliphatic carbocycles. The summed E-state index contributed by atoms with van der Waals surface area (Å²) in [7, 11) is 4.07. The van der Waals surface area contributed by atoms with Gasteiger partial charge in [0.15, 0.2) is 0 Å². The van der Waals surface area contributed by atoms with Crippen molar-refractivity contribution in [3.8, 4) is 0 Å². The first kappa shape index (κ1) is 23.8. The van der Waals surface area contributed by atoms with Crippen LogP contribution in [0.4, 0.5) is 0 Å². The fourth-order valence-corrected chi connectivity index (χ4v) is 2.09. The lowest BCUT2D eigenvalue weighted by atomic mass is 10.3. The second kappa shape index (κ2) is 15.1. The van der Waals surface area contributed by atoms with E-state index in [0.717, 1.165) is 32.5 Å². The van der Waals surface area contributed by atoms with E-state index < -0.39 is 6.10 Å². The van der Waals surface area contributed by atoms with Gasteiger partial charge in [-0.15, -0.1) is 0 Å². The lowest BCUT2D eigenvalue weighted by molar-refractivity contribution is -0.144. The Bertz CT molecular complexity index is 359. The molecule has 1 atom stereocenters. The van der Waals surface area contributed by atoms with Gasteiger partial charge in [0.2, 0.25) is 0 Å². The minimum atomic E-state index is -0.600. The van der Waals surface area contributed by atoms with Crippen LogP contribution < -0.4 is 0 Å². The largest absolute Gasteiger partial charge is 0.466 e. The number of aliphatic hydroxyl groups excluding tert-OH is 1. The zero-order valence-electron chi connectivity index (χ0n) is 16.0. The molecule has 1 saturated heterocycles. The number of carbonyl (C=O) groups excluding carboxylic acids is 2. The highest BCUT2D eigenvalue weighted by molar-refractivity contribution is 5.66. The van der Waals surface area contributed by atoms with Gasteiger partial charge in [0, 0.05) is 33.5 Å². The third-order valence-electron chi connectivity index (χ3n) is 3.36. The van der Waals surface area contributed by atoms with E-state index in [2.05, 4.69) is 9.80 Å². The Hall–Kier alpha value is -1.22. The molecule has 0 aromatic heterocycles. The second-order valence-corrected chi connectivity index (χ2v) is 6.22. The van der Waals surface area contributed by atoms with Crippen LogP contribution in [0.5, 0.6) is 0 Å². The van der Waals surface area contributed by atoms with Gasteiger partial charge < -0.3 is 24.2 Å². The smallest absolute Gasteiger partial charge is 0.302 e. The van der Waals surface area contributed by atoms with Crippen LogP contribution in [0.2, 0.25) is 0 Å². The molecule has 1 N–H and O–H groups in total. The molecule has 0 bridgehead atoms. The minimum Gasteiger partial charge on any atom is -0.466 e. The molecular formula is C17H34N2O6. The third kappa shape index (κ3) is 17.4. The maximum atomic E-state index is 10.5. The van der Waals surface area contributed by atoms with Crippen molar-refractivity contribution in [1.82, 2.24) is 9.80 Å². The summed E-state index contributed by atoms with van der Waals surface area (Å²) in [5, 5.41) is 9.49. The number of unbranched alkanes of at least 4 members (excludes halogenated alkanes) is 1. The quantitative estimate of drug-likeness (QED) is 0.458. The lowest BCUT2D eigenvalue weighted by Gasteiger charge is -2.28. The van der Waals surface area contributed by atoms with Crippen LogP contribution >= 0.6 is 0 Å².